The molecule has 0 amide bonds. The van der Waals surface area contributed by atoms with Crippen LogP contribution in [0.3, 0.4) is 0 Å². The third-order valence-corrected chi connectivity index (χ3v) is 3.63. The monoisotopic (exact) mass is 335 g/mol. The van der Waals surface area contributed by atoms with Crippen molar-refractivity contribution in [3.05, 3.63) is 47.3 Å². The van der Waals surface area contributed by atoms with E-state index in [1.54, 1.807) is 13.1 Å². The molecule has 6 nitrogen and oxygen atoms in total. The van der Waals surface area contributed by atoms with E-state index in [2.05, 4.69) is 11.2 Å². The summed E-state index contributed by atoms with van der Waals surface area (Å²) in [6.07, 6.45) is 3.77. The first kappa shape index (κ1) is 16.5. The number of ether oxygens (including phenoxy) is 1. The fourth-order valence-electron chi connectivity index (χ4n) is 2.59. The van der Waals surface area contributed by atoms with Gasteiger partial charge in [0.05, 0.1) is 17.7 Å². The van der Waals surface area contributed by atoms with Crippen molar-refractivity contribution in [2.45, 2.75) is 20.8 Å². The van der Waals surface area contributed by atoms with Crippen LogP contribution in [-0.2, 0) is 4.74 Å². The first-order valence-electron chi connectivity index (χ1n) is 7.87. The standard InChI is InChI=1S/C19H17N3O3/c1-4-24-19(23)16-8-18(25-21-16)13-5-6-17-15(7-13)14(9-20)11-22(17)10-12(2)3/h5-8,10-11H,4H2,1-3H3. The SMILES string of the molecule is CCOC(=O)c1cc(-c2ccc3c(c2)c(C#N)cn3C=C(C)C)on1. The molecule has 0 saturated heterocycles. The molecule has 0 bridgehead atoms. The van der Waals surface area contributed by atoms with E-state index in [1.165, 1.54) is 6.07 Å². The van der Waals surface area contributed by atoms with Gasteiger partial charge in [0.25, 0.3) is 0 Å². The van der Waals surface area contributed by atoms with Crippen LogP contribution in [0.2, 0.25) is 0 Å². The minimum atomic E-state index is -0.522. The van der Waals surface area contributed by atoms with Crippen molar-refractivity contribution in [3.8, 4) is 17.4 Å². The van der Waals surface area contributed by atoms with E-state index in [0.717, 1.165) is 22.0 Å². The van der Waals surface area contributed by atoms with Gasteiger partial charge in [0, 0.05) is 29.4 Å². The van der Waals surface area contributed by atoms with Crippen LogP contribution >= 0.6 is 0 Å². The molecule has 0 aliphatic heterocycles. The average Bonchev–Trinajstić information content (AvgIpc) is 3.19. The van der Waals surface area contributed by atoms with Crippen LogP contribution in [-0.4, -0.2) is 22.3 Å². The van der Waals surface area contributed by atoms with E-state index in [9.17, 15) is 10.1 Å². The molecule has 0 atom stereocenters. The second-order valence-corrected chi connectivity index (χ2v) is 5.80. The van der Waals surface area contributed by atoms with E-state index in [4.69, 9.17) is 9.26 Å². The predicted molar refractivity (Wildman–Crippen MR) is 93.7 cm³/mol. The molecule has 3 rings (SSSR count). The Bertz CT molecular complexity index is 1010. The summed E-state index contributed by atoms with van der Waals surface area (Å²) in [5.74, 6) is -0.0742. The average molecular weight is 335 g/mol. The molecule has 0 radical (unpaired) electrons. The van der Waals surface area contributed by atoms with Gasteiger partial charge in [-0.2, -0.15) is 5.26 Å². The molecule has 0 fully saturated rings. The third kappa shape index (κ3) is 3.17. The molecule has 6 heteroatoms. The molecule has 2 aromatic heterocycles. The van der Waals surface area contributed by atoms with Gasteiger partial charge in [0.15, 0.2) is 11.5 Å². The third-order valence-electron chi connectivity index (χ3n) is 3.63. The highest BCUT2D eigenvalue weighted by Crippen LogP contribution is 2.29. The lowest BCUT2D eigenvalue weighted by Gasteiger charge is -2.01. The van der Waals surface area contributed by atoms with Gasteiger partial charge in [-0.15, -0.1) is 0 Å². The number of fused-ring (bicyclic) bond motifs is 1. The number of carbonyl (C=O) groups is 1. The molecule has 25 heavy (non-hydrogen) atoms. The van der Waals surface area contributed by atoms with Crippen LogP contribution in [0.4, 0.5) is 0 Å². The van der Waals surface area contributed by atoms with E-state index >= 15 is 0 Å². The lowest BCUT2D eigenvalue weighted by atomic mass is 10.1. The van der Waals surface area contributed by atoms with Crippen molar-refractivity contribution < 1.29 is 14.1 Å². The van der Waals surface area contributed by atoms with Gasteiger partial charge in [0.1, 0.15) is 6.07 Å². The van der Waals surface area contributed by atoms with Crippen LogP contribution in [0.5, 0.6) is 0 Å². The minimum absolute atomic E-state index is 0.125. The van der Waals surface area contributed by atoms with E-state index in [-0.39, 0.29) is 12.3 Å². The Kier molecular flexibility index (Phi) is 4.40. The first-order chi connectivity index (χ1) is 12.0. The largest absolute Gasteiger partial charge is 0.461 e. The van der Waals surface area contributed by atoms with Crippen molar-refractivity contribution in [1.29, 1.82) is 5.26 Å². The van der Waals surface area contributed by atoms with Crippen LogP contribution in [0.15, 0.2) is 40.6 Å². The molecule has 126 valence electrons. The first-order valence-corrected chi connectivity index (χ1v) is 7.87. The molecule has 0 saturated carbocycles. The van der Waals surface area contributed by atoms with Crippen molar-refractivity contribution in [2.75, 3.05) is 6.61 Å². The van der Waals surface area contributed by atoms with Gasteiger partial charge in [-0.25, -0.2) is 4.79 Å². The highest BCUT2D eigenvalue weighted by molar-refractivity contribution is 5.92. The van der Waals surface area contributed by atoms with Gasteiger partial charge < -0.3 is 13.8 Å². The lowest BCUT2D eigenvalue weighted by molar-refractivity contribution is 0.0514. The van der Waals surface area contributed by atoms with Crippen molar-refractivity contribution in [3.63, 3.8) is 0 Å². The summed E-state index contributed by atoms with van der Waals surface area (Å²) in [6.45, 7) is 6.00. The number of esters is 1. The van der Waals surface area contributed by atoms with E-state index in [1.807, 2.05) is 42.8 Å². The Morgan fingerprint density at radius 1 is 1.40 bits per heavy atom. The molecule has 3 aromatic rings. The van der Waals surface area contributed by atoms with Crippen LogP contribution in [0, 0.1) is 11.3 Å². The van der Waals surface area contributed by atoms with Crippen LogP contribution < -0.4 is 0 Å². The summed E-state index contributed by atoms with van der Waals surface area (Å²) in [5, 5.41) is 14.0. The van der Waals surface area contributed by atoms with Crippen molar-refractivity contribution in [2.24, 2.45) is 0 Å². The fourth-order valence-corrected chi connectivity index (χ4v) is 2.59. The molecule has 1 aromatic carbocycles. The number of aromatic nitrogens is 2. The lowest BCUT2D eigenvalue weighted by Crippen LogP contribution is -2.04. The number of allylic oxidation sites excluding steroid dienone is 1. The van der Waals surface area contributed by atoms with Gasteiger partial charge >= 0.3 is 5.97 Å². The summed E-state index contributed by atoms with van der Waals surface area (Å²) in [4.78, 5) is 11.7. The number of benzene rings is 1. The summed E-state index contributed by atoms with van der Waals surface area (Å²) in [5.41, 5.74) is 3.48. The van der Waals surface area contributed by atoms with E-state index in [0.29, 0.717) is 11.3 Å². The number of hydrogen-bond acceptors (Lipinski definition) is 5. The molecular formula is C19H17N3O3. The van der Waals surface area contributed by atoms with E-state index < -0.39 is 5.97 Å². The highest BCUT2D eigenvalue weighted by atomic mass is 16.5. The Labute approximate surface area is 144 Å². The summed E-state index contributed by atoms with van der Waals surface area (Å²) >= 11 is 0. The molecule has 0 aliphatic carbocycles. The Morgan fingerprint density at radius 3 is 2.88 bits per heavy atom. The number of hydrogen-bond donors (Lipinski definition) is 0. The summed E-state index contributed by atoms with van der Waals surface area (Å²) in [7, 11) is 0. The molecular weight excluding hydrogens is 318 g/mol. The molecule has 0 spiro atoms. The van der Waals surface area contributed by atoms with Gasteiger partial charge in [-0.1, -0.05) is 10.7 Å². The molecule has 0 unspecified atom stereocenters. The maximum absolute atomic E-state index is 11.7. The molecule has 0 N–H and O–H groups in total. The number of nitrogens with zero attached hydrogens (tertiary/aromatic N) is 3. The second-order valence-electron chi connectivity index (χ2n) is 5.80. The van der Waals surface area contributed by atoms with Gasteiger partial charge in [0.2, 0.25) is 0 Å². The second kappa shape index (κ2) is 6.65. The number of carbonyl (C=O) groups excluding carboxylic acids is 1. The zero-order valence-corrected chi connectivity index (χ0v) is 14.2. The molecule has 2 heterocycles. The maximum Gasteiger partial charge on any atom is 0.360 e. The molecule has 0 aliphatic rings. The Balaban J connectivity index is 2.06. The maximum atomic E-state index is 11.7. The summed E-state index contributed by atoms with van der Waals surface area (Å²) < 4.78 is 12.1. The van der Waals surface area contributed by atoms with Crippen molar-refractivity contribution >= 4 is 23.1 Å². The van der Waals surface area contributed by atoms with Crippen molar-refractivity contribution in [1.82, 2.24) is 9.72 Å². The smallest absolute Gasteiger partial charge is 0.360 e. The quantitative estimate of drug-likeness (QED) is 0.667. The Morgan fingerprint density at radius 2 is 2.20 bits per heavy atom. The predicted octanol–water partition coefficient (Wildman–Crippen LogP) is 4.23. The van der Waals surface area contributed by atoms with Gasteiger partial charge in [-0.05, 0) is 39.0 Å². The van der Waals surface area contributed by atoms with Crippen LogP contribution in [0.1, 0.15) is 36.8 Å². The zero-order valence-electron chi connectivity index (χ0n) is 14.2. The number of rotatable bonds is 4. The Hall–Kier alpha value is -3.33. The topological polar surface area (TPSA) is 81.0 Å². The van der Waals surface area contributed by atoms with Crippen LogP contribution in [0.25, 0.3) is 28.4 Å². The number of nitriles is 1. The fraction of sp³-hybridized carbons (Fsp3) is 0.211. The highest BCUT2D eigenvalue weighted by Gasteiger charge is 2.16. The normalized spacial score (nSPS) is 10.5. The minimum Gasteiger partial charge on any atom is -0.461 e. The zero-order chi connectivity index (χ0) is 18.0. The van der Waals surface area contributed by atoms with Gasteiger partial charge in [-0.3, -0.25) is 0 Å². The summed E-state index contributed by atoms with van der Waals surface area (Å²) in [6, 6.07) is 9.40.